The molecule has 0 unspecified atom stereocenters. The highest BCUT2D eigenvalue weighted by atomic mass is 35.5. The Bertz CT molecular complexity index is 252. The first-order valence-corrected chi connectivity index (χ1v) is 4.41. The molecule has 0 saturated heterocycles. The number of aliphatic hydroxyl groups is 1. The number of aliphatic hydroxyl groups excluding tert-OH is 1. The molecule has 0 aliphatic rings. The van der Waals surface area contributed by atoms with Gasteiger partial charge in [-0.05, 0) is 12.5 Å². The summed E-state index contributed by atoms with van der Waals surface area (Å²) < 4.78 is 0. The largest absolute Gasteiger partial charge is 0.388 e. The van der Waals surface area contributed by atoms with Crippen molar-refractivity contribution in [3.63, 3.8) is 0 Å². The topological polar surface area (TPSA) is 33.1 Å². The van der Waals surface area contributed by atoms with Crippen LogP contribution in [0.4, 0.5) is 0 Å². The van der Waals surface area contributed by atoms with Crippen molar-refractivity contribution in [1.29, 1.82) is 0 Å². The van der Waals surface area contributed by atoms with E-state index >= 15 is 0 Å². The molecule has 0 aromatic carbocycles. The minimum atomic E-state index is -0.476. The van der Waals surface area contributed by atoms with Crippen molar-refractivity contribution in [1.82, 2.24) is 4.98 Å². The molecular weight excluding hydrogens is 174 g/mol. The van der Waals surface area contributed by atoms with Crippen molar-refractivity contribution in [2.45, 2.75) is 25.9 Å². The van der Waals surface area contributed by atoms with E-state index in [0.29, 0.717) is 5.02 Å². The van der Waals surface area contributed by atoms with Crippen molar-refractivity contribution in [3.8, 4) is 0 Å². The number of rotatable bonds is 3. The molecule has 3 heteroatoms. The first-order chi connectivity index (χ1) is 5.75. The zero-order valence-electron chi connectivity index (χ0n) is 7.00. The maximum Gasteiger partial charge on any atom is 0.0819 e. The molecule has 1 N–H and O–H groups in total. The number of aromatic nitrogens is 1. The van der Waals surface area contributed by atoms with Crippen molar-refractivity contribution in [3.05, 3.63) is 29.0 Å². The van der Waals surface area contributed by atoms with Crippen LogP contribution in [0.25, 0.3) is 0 Å². The Morgan fingerprint density at radius 1 is 1.67 bits per heavy atom. The SMILES string of the molecule is CCC[C@H](O)c1cnccc1Cl. The van der Waals surface area contributed by atoms with Crippen LogP contribution < -0.4 is 0 Å². The predicted octanol–water partition coefficient (Wildman–Crippen LogP) is 2.57. The van der Waals surface area contributed by atoms with Crippen LogP contribution in [-0.2, 0) is 0 Å². The van der Waals surface area contributed by atoms with E-state index in [2.05, 4.69) is 4.98 Å². The van der Waals surface area contributed by atoms with E-state index < -0.39 is 6.10 Å². The van der Waals surface area contributed by atoms with Gasteiger partial charge in [0.25, 0.3) is 0 Å². The van der Waals surface area contributed by atoms with Gasteiger partial charge in [0.15, 0.2) is 0 Å². The molecule has 0 radical (unpaired) electrons. The Balaban J connectivity index is 2.79. The Hall–Kier alpha value is -0.600. The number of halogens is 1. The summed E-state index contributed by atoms with van der Waals surface area (Å²) in [6.07, 6.45) is 4.42. The molecular formula is C9H12ClNO. The summed E-state index contributed by atoms with van der Waals surface area (Å²) in [5, 5.41) is 10.2. The van der Waals surface area contributed by atoms with E-state index in [1.165, 1.54) is 0 Å². The quantitative estimate of drug-likeness (QED) is 0.785. The van der Waals surface area contributed by atoms with E-state index in [9.17, 15) is 5.11 Å². The van der Waals surface area contributed by atoms with Crippen molar-refractivity contribution in [2.75, 3.05) is 0 Å². The molecule has 0 saturated carbocycles. The highest BCUT2D eigenvalue weighted by Gasteiger charge is 2.09. The van der Waals surface area contributed by atoms with Crippen LogP contribution in [0.15, 0.2) is 18.5 Å². The van der Waals surface area contributed by atoms with Crippen LogP contribution in [0.2, 0.25) is 5.02 Å². The third-order valence-electron chi connectivity index (χ3n) is 1.72. The van der Waals surface area contributed by atoms with Gasteiger partial charge >= 0.3 is 0 Å². The summed E-state index contributed by atoms with van der Waals surface area (Å²) >= 11 is 5.85. The van der Waals surface area contributed by atoms with E-state index in [1.807, 2.05) is 6.92 Å². The molecule has 0 bridgehead atoms. The lowest BCUT2D eigenvalue weighted by atomic mass is 10.1. The van der Waals surface area contributed by atoms with Gasteiger partial charge in [-0.3, -0.25) is 4.98 Å². The van der Waals surface area contributed by atoms with Gasteiger partial charge in [-0.25, -0.2) is 0 Å². The Kier molecular flexibility index (Phi) is 3.50. The zero-order valence-corrected chi connectivity index (χ0v) is 7.75. The summed E-state index contributed by atoms with van der Waals surface area (Å²) in [5.74, 6) is 0. The molecule has 0 fully saturated rings. The van der Waals surface area contributed by atoms with Crippen molar-refractivity contribution < 1.29 is 5.11 Å². The van der Waals surface area contributed by atoms with Crippen LogP contribution in [0, 0.1) is 0 Å². The Morgan fingerprint density at radius 2 is 2.42 bits per heavy atom. The molecule has 0 aliphatic carbocycles. The maximum absolute atomic E-state index is 9.58. The molecule has 1 rings (SSSR count). The van der Waals surface area contributed by atoms with Crippen LogP contribution in [0.1, 0.15) is 31.4 Å². The number of pyridine rings is 1. The number of nitrogens with zero attached hydrogens (tertiary/aromatic N) is 1. The lowest BCUT2D eigenvalue weighted by Gasteiger charge is -2.09. The second-order valence-electron chi connectivity index (χ2n) is 2.70. The zero-order chi connectivity index (χ0) is 8.97. The van der Waals surface area contributed by atoms with Crippen LogP contribution >= 0.6 is 11.6 Å². The summed E-state index contributed by atoms with van der Waals surface area (Å²) in [5.41, 5.74) is 0.723. The Labute approximate surface area is 77.2 Å². The summed E-state index contributed by atoms with van der Waals surface area (Å²) in [7, 11) is 0. The number of hydrogen-bond acceptors (Lipinski definition) is 2. The lowest BCUT2D eigenvalue weighted by Crippen LogP contribution is -1.97. The molecule has 2 nitrogen and oxygen atoms in total. The smallest absolute Gasteiger partial charge is 0.0819 e. The maximum atomic E-state index is 9.58. The summed E-state index contributed by atoms with van der Waals surface area (Å²) in [6.45, 7) is 2.02. The van der Waals surface area contributed by atoms with Gasteiger partial charge in [-0.15, -0.1) is 0 Å². The average molecular weight is 186 g/mol. The number of hydrogen-bond donors (Lipinski definition) is 1. The fourth-order valence-electron chi connectivity index (χ4n) is 1.06. The second-order valence-corrected chi connectivity index (χ2v) is 3.11. The van der Waals surface area contributed by atoms with E-state index in [-0.39, 0.29) is 0 Å². The first kappa shape index (κ1) is 9.49. The van der Waals surface area contributed by atoms with E-state index in [4.69, 9.17) is 11.6 Å². The highest BCUT2D eigenvalue weighted by Crippen LogP contribution is 2.24. The molecule has 1 aromatic rings. The fraction of sp³-hybridized carbons (Fsp3) is 0.444. The minimum Gasteiger partial charge on any atom is -0.388 e. The lowest BCUT2D eigenvalue weighted by molar-refractivity contribution is 0.166. The summed E-state index contributed by atoms with van der Waals surface area (Å²) in [6, 6.07) is 1.69. The standard InChI is InChI=1S/C9H12ClNO/c1-2-3-9(12)7-6-11-5-4-8(7)10/h4-6,9,12H,2-3H2,1H3/t9-/m0/s1. The third-order valence-corrected chi connectivity index (χ3v) is 2.06. The van der Waals surface area contributed by atoms with Gasteiger partial charge in [0.1, 0.15) is 0 Å². The molecule has 1 heterocycles. The summed E-state index contributed by atoms with van der Waals surface area (Å²) in [4.78, 5) is 3.90. The van der Waals surface area contributed by atoms with E-state index in [0.717, 1.165) is 18.4 Å². The van der Waals surface area contributed by atoms with Gasteiger partial charge in [-0.2, -0.15) is 0 Å². The second kappa shape index (κ2) is 4.43. The molecule has 0 spiro atoms. The van der Waals surface area contributed by atoms with Crippen LogP contribution in [0.5, 0.6) is 0 Å². The normalized spacial score (nSPS) is 12.9. The molecule has 0 amide bonds. The minimum absolute atomic E-state index is 0.476. The van der Waals surface area contributed by atoms with Gasteiger partial charge in [-0.1, -0.05) is 24.9 Å². The molecule has 12 heavy (non-hydrogen) atoms. The third kappa shape index (κ3) is 2.19. The average Bonchev–Trinajstić information content (AvgIpc) is 2.05. The van der Waals surface area contributed by atoms with Gasteiger partial charge < -0.3 is 5.11 Å². The highest BCUT2D eigenvalue weighted by molar-refractivity contribution is 6.31. The molecule has 1 aromatic heterocycles. The van der Waals surface area contributed by atoms with Gasteiger partial charge in [0.2, 0.25) is 0 Å². The molecule has 0 aliphatic heterocycles. The van der Waals surface area contributed by atoms with Gasteiger partial charge in [0, 0.05) is 23.0 Å². The monoisotopic (exact) mass is 185 g/mol. The van der Waals surface area contributed by atoms with Crippen LogP contribution in [-0.4, -0.2) is 10.1 Å². The van der Waals surface area contributed by atoms with Crippen molar-refractivity contribution >= 4 is 11.6 Å². The predicted molar refractivity (Wildman–Crippen MR) is 49.1 cm³/mol. The Morgan fingerprint density at radius 3 is 3.00 bits per heavy atom. The molecule has 1 atom stereocenters. The van der Waals surface area contributed by atoms with Gasteiger partial charge in [0.05, 0.1) is 6.10 Å². The van der Waals surface area contributed by atoms with Crippen molar-refractivity contribution in [2.24, 2.45) is 0 Å². The van der Waals surface area contributed by atoms with E-state index in [1.54, 1.807) is 18.5 Å². The van der Waals surface area contributed by atoms with Crippen LogP contribution in [0.3, 0.4) is 0 Å². The molecule has 66 valence electrons. The first-order valence-electron chi connectivity index (χ1n) is 4.03. The fourth-order valence-corrected chi connectivity index (χ4v) is 1.29.